The van der Waals surface area contributed by atoms with E-state index in [-0.39, 0.29) is 41.7 Å². The summed E-state index contributed by atoms with van der Waals surface area (Å²) in [5.74, 6) is -0.375. The lowest BCUT2D eigenvalue weighted by Crippen LogP contribution is -2.39. The molecule has 1 N–H and O–H groups in total. The van der Waals surface area contributed by atoms with Gasteiger partial charge in [0.15, 0.2) is 9.84 Å². The average molecular weight is 331 g/mol. The van der Waals surface area contributed by atoms with Gasteiger partial charge in [0, 0.05) is 25.6 Å². The molecule has 2 unspecified atom stereocenters. The smallest absolute Gasteiger partial charge is 0.225 e. The van der Waals surface area contributed by atoms with E-state index in [0.717, 1.165) is 13.0 Å². The molecule has 7 nitrogen and oxygen atoms in total. The number of rotatable bonds is 6. The first-order valence-electron chi connectivity index (χ1n) is 7.71. The SMILES string of the molecule is CN(C)CCCNC(=O)C1CC(=O)N(C2CCS(=O)(=O)C2)C1. The minimum Gasteiger partial charge on any atom is -0.356 e. The average Bonchev–Trinajstić information content (AvgIpc) is 2.97. The summed E-state index contributed by atoms with van der Waals surface area (Å²) in [5.41, 5.74) is 0. The molecule has 0 aromatic carbocycles. The van der Waals surface area contributed by atoms with Crippen LogP contribution in [0.1, 0.15) is 19.3 Å². The quantitative estimate of drug-likeness (QED) is 0.637. The van der Waals surface area contributed by atoms with Gasteiger partial charge in [-0.1, -0.05) is 0 Å². The molecule has 2 atom stereocenters. The van der Waals surface area contributed by atoms with E-state index in [9.17, 15) is 18.0 Å². The van der Waals surface area contributed by atoms with Crippen molar-refractivity contribution in [2.24, 2.45) is 5.92 Å². The van der Waals surface area contributed by atoms with Crippen LogP contribution in [0, 0.1) is 5.92 Å². The highest BCUT2D eigenvalue weighted by Gasteiger charge is 2.41. The Morgan fingerprint density at radius 1 is 1.41 bits per heavy atom. The molecule has 0 aromatic rings. The van der Waals surface area contributed by atoms with E-state index in [1.165, 1.54) is 0 Å². The predicted molar refractivity (Wildman–Crippen MR) is 83.1 cm³/mol. The van der Waals surface area contributed by atoms with Crippen LogP contribution in [0.5, 0.6) is 0 Å². The highest BCUT2D eigenvalue weighted by molar-refractivity contribution is 7.91. The Morgan fingerprint density at radius 3 is 2.73 bits per heavy atom. The number of carbonyl (C=O) groups excluding carboxylic acids is 2. The first-order valence-corrected chi connectivity index (χ1v) is 9.53. The third-order valence-electron chi connectivity index (χ3n) is 4.26. The molecule has 0 aliphatic carbocycles. The van der Waals surface area contributed by atoms with Crippen molar-refractivity contribution in [1.82, 2.24) is 15.1 Å². The van der Waals surface area contributed by atoms with Crippen LogP contribution >= 0.6 is 0 Å². The summed E-state index contributed by atoms with van der Waals surface area (Å²) >= 11 is 0. The van der Waals surface area contributed by atoms with Gasteiger partial charge in [0.2, 0.25) is 11.8 Å². The Kier molecular flexibility index (Phi) is 5.44. The first kappa shape index (κ1) is 17.2. The van der Waals surface area contributed by atoms with E-state index in [4.69, 9.17) is 0 Å². The number of nitrogens with zero attached hydrogens (tertiary/aromatic N) is 2. The summed E-state index contributed by atoms with van der Waals surface area (Å²) in [4.78, 5) is 27.8. The molecule has 2 aliphatic rings. The third-order valence-corrected chi connectivity index (χ3v) is 6.01. The van der Waals surface area contributed by atoms with Gasteiger partial charge in [-0.2, -0.15) is 0 Å². The zero-order chi connectivity index (χ0) is 16.3. The lowest BCUT2D eigenvalue weighted by molar-refractivity contribution is -0.130. The van der Waals surface area contributed by atoms with Crippen LogP contribution in [0.15, 0.2) is 0 Å². The number of amides is 2. The minimum atomic E-state index is -3.02. The van der Waals surface area contributed by atoms with Crippen molar-refractivity contribution in [1.29, 1.82) is 0 Å². The van der Waals surface area contributed by atoms with Crippen molar-refractivity contribution in [2.75, 3.05) is 45.2 Å². The zero-order valence-electron chi connectivity index (χ0n) is 13.2. The van der Waals surface area contributed by atoms with Crippen molar-refractivity contribution in [3.8, 4) is 0 Å². The van der Waals surface area contributed by atoms with Crippen LogP contribution in [-0.4, -0.2) is 81.3 Å². The Morgan fingerprint density at radius 2 is 2.14 bits per heavy atom. The Labute approximate surface area is 131 Å². The number of nitrogens with one attached hydrogen (secondary N) is 1. The van der Waals surface area contributed by atoms with Gasteiger partial charge in [0.25, 0.3) is 0 Å². The molecule has 126 valence electrons. The summed E-state index contributed by atoms with van der Waals surface area (Å²) in [5, 5.41) is 2.87. The topological polar surface area (TPSA) is 86.8 Å². The number of carbonyl (C=O) groups is 2. The van der Waals surface area contributed by atoms with E-state index < -0.39 is 9.84 Å². The summed E-state index contributed by atoms with van der Waals surface area (Å²) in [6.07, 6.45) is 1.55. The Bertz CT molecular complexity index is 532. The predicted octanol–water partition coefficient (Wildman–Crippen LogP) is -0.910. The van der Waals surface area contributed by atoms with Gasteiger partial charge in [-0.15, -0.1) is 0 Å². The van der Waals surface area contributed by atoms with Crippen molar-refractivity contribution >= 4 is 21.7 Å². The van der Waals surface area contributed by atoms with E-state index in [0.29, 0.717) is 19.5 Å². The van der Waals surface area contributed by atoms with Crippen LogP contribution in [0.4, 0.5) is 0 Å². The van der Waals surface area contributed by atoms with E-state index in [2.05, 4.69) is 5.32 Å². The molecular weight excluding hydrogens is 306 g/mol. The number of sulfone groups is 1. The van der Waals surface area contributed by atoms with Crippen molar-refractivity contribution in [3.05, 3.63) is 0 Å². The van der Waals surface area contributed by atoms with E-state index in [1.807, 2.05) is 19.0 Å². The number of hydrogen-bond donors (Lipinski definition) is 1. The fourth-order valence-corrected chi connectivity index (χ4v) is 4.76. The summed E-state index contributed by atoms with van der Waals surface area (Å²) < 4.78 is 23.1. The van der Waals surface area contributed by atoms with Crippen molar-refractivity contribution in [2.45, 2.75) is 25.3 Å². The maximum Gasteiger partial charge on any atom is 0.225 e. The molecule has 0 aromatic heterocycles. The monoisotopic (exact) mass is 331 g/mol. The molecule has 0 spiro atoms. The molecule has 2 heterocycles. The van der Waals surface area contributed by atoms with Gasteiger partial charge in [-0.25, -0.2) is 8.42 Å². The van der Waals surface area contributed by atoms with Crippen molar-refractivity contribution < 1.29 is 18.0 Å². The molecule has 0 radical (unpaired) electrons. The normalized spacial score (nSPS) is 27.6. The Hall–Kier alpha value is -1.15. The Balaban J connectivity index is 1.80. The van der Waals surface area contributed by atoms with Crippen LogP contribution in [-0.2, 0) is 19.4 Å². The van der Waals surface area contributed by atoms with Crippen LogP contribution < -0.4 is 5.32 Å². The highest BCUT2D eigenvalue weighted by atomic mass is 32.2. The van der Waals surface area contributed by atoms with Crippen LogP contribution in [0.3, 0.4) is 0 Å². The molecule has 0 saturated carbocycles. The van der Waals surface area contributed by atoms with Gasteiger partial charge in [0.05, 0.1) is 17.4 Å². The van der Waals surface area contributed by atoms with Gasteiger partial charge >= 0.3 is 0 Å². The molecule has 22 heavy (non-hydrogen) atoms. The lowest BCUT2D eigenvalue weighted by atomic mass is 10.1. The molecule has 2 saturated heterocycles. The molecule has 8 heteroatoms. The molecular formula is C14H25N3O4S. The van der Waals surface area contributed by atoms with Crippen molar-refractivity contribution in [3.63, 3.8) is 0 Å². The van der Waals surface area contributed by atoms with Crippen LogP contribution in [0.25, 0.3) is 0 Å². The maximum absolute atomic E-state index is 12.1. The van der Waals surface area contributed by atoms with Gasteiger partial charge in [-0.3, -0.25) is 9.59 Å². The maximum atomic E-state index is 12.1. The second-order valence-corrected chi connectivity index (χ2v) is 8.68. The number of likely N-dealkylation sites (tertiary alicyclic amines) is 1. The summed E-state index contributed by atoms with van der Waals surface area (Å²) in [6, 6.07) is -0.246. The third kappa shape index (κ3) is 4.42. The first-order chi connectivity index (χ1) is 10.3. The second-order valence-electron chi connectivity index (χ2n) is 6.45. The lowest BCUT2D eigenvalue weighted by Gasteiger charge is -2.23. The number of hydrogen-bond acceptors (Lipinski definition) is 5. The van der Waals surface area contributed by atoms with E-state index in [1.54, 1.807) is 4.90 Å². The van der Waals surface area contributed by atoms with Crippen LogP contribution in [0.2, 0.25) is 0 Å². The van der Waals surface area contributed by atoms with Gasteiger partial charge in [0.1, 0.15) is 0 Å². The molecule has 0 bridgehead atoms. The largest absolute Gasteiger partial charge is 0.356 e. The van der Waals surface area contributed by atoms with E-state index >= 15 is 0 Å². The molecule has 2 fully saturated rings. The fraction of sp³-hybridized carbons (Fsp3) is 0.857. The standard InChI is InChI=1S/C14H25N3O4S/c1-16(2)6-3-5-15-14(19)11-8-13(18)17(9-11)12-4-7-22(20,21)10-12/h11-12H,3-10H2,1-2H3,(H,15,19). The minimum absolute atomic E-state index is 0.0376. The summed E-state index contributed by atoms with van der Waals surface area (Å²) in [7, 11) is 0.935. The fourth-order valence-electron chi connectivity index (χ4n) is 3.03. The summed E-state index contributed by atoms with van der Waals surface area (Å²) in [6.45, 7) is 1.84. The van der Waals surface area contributed by atoms with Gasteiger partial charge in [-0.05, 0) is 33.5 Å². The second kappa shape index (κ2) is 6.95. The van der Waals surface area contributed by atoms with Gasteiger partial charge < -0.3 is 15.1 Å². The molecule has 2 rings (SSSR count). The highest BCUT2D eigenvalue weighted by Crippen LogP contribution is 2.26. The zero-order valence-corrected chi connectivity index (χ0v) is 14.1. The molecule has 2 aliphatic heterocycles. The molecule has 2 amide bonds.